The number of carbonyl (C=O) groups is 3. The summed E-state index contributed by atoms with van der Waals surface area (Å²) in [6.07, 6.45) is 78.3. The Morgan fingerprint density at radius 1 is 0.292 bits per heavy atom. The van der Waals surface area contributed by atoms with E-state index in [0.29, 0.717) is 19.3 Å². The lowest BCUT2D eigenvalue weighted by Crippen LogP contribution is -2.30. The van der Waals surface area contributed by atoms with Crippen LogP contribution < -0.4 is 0 Å². The molecule has 0 rings (SSSR count). The molecule has 0 fully saturated rings. The van der Waals surface area contributed by atoms with Crippen molar-refractivity contribution in [3.05, 3.63) is 72.9 Å². The van der Waals surface area contributed by atoms with Gasteiger partial charge >= 0.3 is 17.9 Å². The molecule has 1 unspecified atom stereocenters. The highest BCUT2D eigenvalue weighted by Crippen LogP contribution is 2.17. The van der Waals surface area contributed by atoms with Gasteiger partial charge in [-0.15, -0.1) is 0 Å². The van der Waals surface area contributed by atoms with E-state index in [1.165, 1.54) is 180 Å². The normalized spacial score (nSPS) is 12.5. The number of rotatable bonds is 56. The van der Waals surface area contributed by atoms with Crippen molar-refractivity contribution in [1.82, 2.24) is 0 Å². The Morgan fingerprint density at radius 3 is 0.875 bits per heavy atom. The van der Waals surface area contributed by atoms with Gasteiger partial charge in [0.2, 0.25) is 0 Å². The summed E-state index contributed by atoms with van der Waals surface area (Å²) < 4.78 is 16.7. The molecule has 0 bridgehead atoms. The Balaban J connectivity index is 3.97. The summed E-state index contributed by atoms with van der Waals surface area (Å²) in [5.41, 5.74) is 0. The summed E-state index contributed by atoms with van der Waals surface area (Å²) in [6, 6.07) is 0. The first kappa shape index (κ1) is 68.8. The van der Waals surface area contributed by atoms with E-state index in [0.717, 1.165) is 83.5 Å². The number of hydrogen-bond acceptors (Lipinski definition) is 6. The van der Waals surface area contributed by atoms with Crippen molar-refractivity contribution in [2.75, 3.05) is 13.2 Å². The van der Waals surface area contributed by atoms with Gasteiger partial charge < -0.3 is 14.2 Å². The maximum Gasteiger partial charge on any atom is 0.306 e. The van der Waals surface area contributed by atoms with Gasteiger partial charge in [0.05, 0.1) is 0 Å². The summed E-state index contributed by atoms with van der Waals surface area (Å²) in [5.74, 6) is -0.932. The summed E-state index contributed by atoms with van der Waals surface area (Å²) in [7, 11) is 0. The van der Waals surface area contributed by atoms with Gasteiger partial charge in [-0.05, 0) is 89.9 Å². The fourth-order valence-electron chi connectivity index (χ4n) is 8.82. The van der Waals surface area contributed by atoms with Crippen molar-refractivity contribution in [3.63, 3.8) is 0 Å². The number of allylic oxidation sites excluding steroid dienone is 12. The second-order valence-corrected chi connectivity index (χ2v) is 20.6. The molecule has 0 radical (unpaired) electrons. The van der Waals surface area contributed by atoms with Crippen LogP contribution in [0.2, 0.25) is 0 Å². The van der Waals surface area contributed by atoms with Crippen LogP contribution in [0.3, 0.4) is 0 Å². The minimum atomic E-state index is -0.792. The highest BCUT2D eigenvalue weighted by atomic mass is 16.6. The first-order valence-electron chi connectivity index (χ1n) is 30.9. The molecule has 0 aliphatic rings. The molecule has 0 N–H and O–H groups in total. The van der Waals surface area contributed by atoms with Gasteiger partial charge in [0.15, 0.2) is 6.10 Å². The number of carbonyl (C=O) groups excluding carboxylic acids is 3. The molecule has 0 aromatic carbocycles. The molecule has 0 aliphatic carbocycles. The Labute approximate surface area is 446 Å². The van der Waals surface area contributed by atoms with Gasteiger partial charge in [-0.1, -0.05) is 273 Å². The van der Waals surface area contributed by atoms with Gasteiger partial charge in [-0.25, -0.2) is 0 Å². The zero-order chi connectivity index (χ0) is 52.2. The summed E-state index contributed by atoms with van der Waals surface area (Å²) in [4.78, 5) is 37.8. The zero-order valence-corrected chi connectivity index (χ0v) is 47.7. The summed E-state index contributed by atoms with van der Waals surface area (Å²) >= 11 is 0. The average Bonchev–Trinajstić information content (AvgIpc) is 3.38. The molecular formula is C66H116O6. The maximum absolute atomic E-state index is 12.8. The van der Waals surface area contributed by atoms with E-state index in [2.05, 4.69) is 93.7 Å². The Kier molecular flexibility index (Phi) is 57.8. The number of ether oxygens (including phenoxy) is 3. The maximum atomic E-state index is 12.8. The molecular weight excluding hydrogens is 889 g/mol. The SMILES string of the molecule is CC/C=C\C/C=C\C/C=C\C/C=C\CCCCC(=O)OC(COC(=O)CCCCCCCC)COC(=O)CCCCCCCCCCCCCCCCCCCCCCC/C=C\C/C=C\CCCCCCC. The van der Waals surface area contributed by atoms with Crippen molar-refractivity contribution in [2.45, 2.75) is 316 Å². The van der Waals surface area contributed by atoms with E-state index in [4.69, 9.17) is 14.2 Å². The first-order valence-corrected chi connectivity index (χ1v) is 30.9. The van der Waals surface area contributed by atoms with Crippen molar-refractivity contribution in [1.29, 1.82) is 0 Å². The fourth-order valence-corrected chi connectivity index (χ4v) is 8.82. The van der Waals surface area contributed by atoms with Crippen LogP contribution in [0.25, 0.3) is 0 Å². The minimum Gasteiger partial charge on any atom is -0.462 e. The molecule has 0 spiro atoms. The van der Waals surface area contributed by atoms with Crippen LogP contribution in [0, 0.1) is 0 Å². The predicted octanol–water partition coefficient (Wildman–Crippen LogP) is 20.9. The van der Waals surface area contributed by atoms with E-state index in [1.807, 2.05) is 0 Å². The third-order valence-electron chi connectivity index (χ3n) is 13.4. The van der Waals surface area contributed by atoms with Crippen LogP contribution in [0.4, 0.5) is 0 Å². The molecule has 0 amide bonds. The molecule has 0 saturated carbocycles. The largest absolute Gasteiger partial charge is 0.462 e. The molecule has 0 saturated heterocycles. The van der Waals surface area contributed by atoms with Crippen LogP contribution in [0.5, 0.6) is 0 Å². The Morgan fingerprint density at radius 2 is 0.542 bits per heavy atom. The Hall–Kier alpha value is -3.15. The first-order chi connectivity index (χ1) is 35.5. The molecule has 0 heterocycles. The van der Waals surface area contributed by atoms with Gasteiger partial charge in [0.1, 0.15) is 13.2 Å². The van der Waals surface area contributed by atoms with E-state index >= 15 is 0 Å². The van der Waals surface area contributed by atoms with Crippen LogP contribution >= 0.6 is 0 Å². The standard InChI is InChI=1S/C66H116O6/c1-4-7-10-13-16-18-20-22-24-25-26-27-28-29-30-31-32-33-34-35-36-37-38-39-40-41-43-44-46-48-50-53-56-59-65(68)71-62-63(61-70-64(67)58-55-52-15-12-9-6-3)72-66(69)60-57-54-51-49-47-45-42-23-21-19-17-14-11-8-5-2/h8,11,17,19-20,22-23,25-26,42,47,49,63H,4-7,9-10,12-16,18,21,24,27-41,43-46,48,50-62H2,1-3H3/b11-8-,19-17-,22-20-,26-25-,42-23-,49-47-. The number of unbranched alkanes of at least 4 members (excludes halogenated alkanes) is 33. The van der Waals surface area contributed by atoms with Crippen LogP contribution in [-0.2, 0) is 28.6 Å². The van der Waals surface area contributed by atoms with E-state index < -0.39 is 6.10 Å². The third kappa shape index (κ3) is 57.7. The molecule has 72 heavy (non-hydrogen) atoms. The van der Waals surface area contributed by atoms with Crippen LogP contribution in [0.1, 0.15) is 310 Å². The monoisotopic (exact) mass is 1000 g/mol. The number of hydrogen-bond donors (Lipinski definition) is 0. The molecule has 0 aliphatic heterocycles. The van der Waals surface area contributed by atoms with E-state index in [-0.39, 0.29) is 37.5 Å². The summed E-state index contributed by atoms with van der Waals surface area (Å²) in [6.45, 7) is 6.44. The van der Waals surface area contributed by atoms with E-state index in [9.17, 15) is 14.4 Å². The van der Waals surface area contributed by atoms with E-state index in [1.54, 1.807) is 0 Å². The number of esters is 3. The second kappa shape index (κ2) is 60.4. The molecule has 1 atom stereocenters. The molecule has 6 heteroatoms. The van der Waals surface area contributed by atoms with Crippen molar-refractivity contribution < 1.29 is 28.6 Å². The highest BCUT2D eigenvalue weighted by molar-refractivity contribution is 5.71. The smallest absolute Gasteiger partial charge is 0.306 e. The predicted molar refractivity (Wildman–Crippen MR) is 311 cm³/mol. The second-order valence-electron chi connectivity index (χ2n) is 20.6. The van der Waals surface area contributed by atoms with Gasteiger partial charge in [0.25, 0.3) is 0 Å². The fraction of sp³-hybridized carbons (Fsp3) is 0.773. The lowest BCUT2D eigenvalue weighted by Gasteiger charge is -2.18. The van der Waals surface area contributed by atoms with Crippen molar-refractivity contribution in [2.24, 2.45) is 0 Å². The molecule has 0 aromatic heterocycles. The van der Waals surface area contributed by atoms with Crippen LogP contribution in [0.15, 0.2) is 72.9 Å². The minimum absolute atomic E-state index is 0.0892. The van der Waals surface area contributed by atoms with Crippen LogP contribution in [-0.4, -0.2) is 37.2 Å². The van der Waals surface area contributed by atoms with Gasteiger partial charge in [-0.3, -0.25) is 14.4 Å². The lowest BCUT2D eigenvalue weighted by atomic mass is 10.0. The van der Waals surface area contributed by atoms with Crippen molar-refractivity contribution in [3.8, 4) is 0 Å². The molecule has 416 valence electrons. The zero-order valence-electron chi connectivity index (χ0n) is 47.7. The molecule has 6 nitrogen and oxygen atoms in total. The average molecular weight is 1010 g/mol. The quantitative estimate of drug-likeness (QED) is 0.0261. The van der Waals surface area contributed by atoms with Gasteiger partial charge in [-0.2, -0.15) is 0 Å². The highest BCUT2D eigenvalue weighted by Gasteiger charge is 2.19. The third-order valence-corrected chi connectivity index (χ3v) is 13.4. The lowest BCUT2D eigenvalue weighted by molar-refractivity contribution is -0.167. The molecule has 0 aromatic rings. The topological polar surface area (TPSA) is 78.9 Å². The Bertz CT molecular complexity index is 1340. The van der Waals surface area contributed by atoms with Crippen molar-refractivity contribution >= 4 is 17.9 Å². The summed E-state index contributed by atoms with van der Waals surface area (Å²) in [5, 5.41) is 0. The van der Waals surface area contributed by atoms with Gasteiger partial charge in [0, 0.05) is 19.3 Å².